The largest absolute Gasteiger partial charge is 0.297 e. The summed E-state index contributed by atoms with van der Waals surface area (Å²) < 4.78 is 0. The second-order valence-corrected chi connectivity index (χ2v) is 4.52. The maximum atomic E-state index is 10.6. The van der Waals surface area contributed by atoms with E-state index in [0.29, 0.717) is 9.90 Å². The second-order valence-electron chi connectivity index (χ2n) is 3.01. The first-order chi connectivity index (χ1) is 5.83. The molecule has 0 aliphatic heterocycles. The highest BCUT2D eigenvalue weighted by atomic mass is 35.5. The summed E-state index contributed by atoms with van der Waals surface area (Å²) in [5, 5.41) is 0.713. The third-order valence-electron chi connectivity index (χ3n) is 2.24. The van der Waals surface area contributed by atoms with Crippen LogP contribution in [0.2, 0.25) is 5.02 Å². The fourth-order valence-electron chi connectivity index (χ4n) is 1.62. The van der Waals surface area contributed by atoms with Crippen molar-refractivity contribution in [3.8, 4) is 0 Å². The molecule has 64 valence electrons. The summed E-state index contributed by atoms with van der Waals surface area (Å²) in [4.78, 5) is 12.6. The van der Waals surface area contributed by atoms with E-state index in [2.05, 4.69) is 0 Å². The van der Waals surface area contributed by atoms with Crippen LogP contribution >= 0.6 is 22.9 Å². The zero-order valence-electron chi connectivity index (χ0n) is 6.60. The normalized spacial score (nSPS) is 15.8. The van der Waals surface area contributed by atoms with E-state index in [1.54, 1.807) is 11.3 Å². The summed E-state index contributed by atoms with van der Waals surface area (Å²) >= 11 is 7.58. The highest BCUT2D eigenvalue weighted by Gasteiger charge is 2.18. The van der Waals surface area contributed by atoms with Crippen LogP contribution in [-0.4, -0.2) is 6.29 Å². The summed E-state index contributed by atoms with van der Waals surface area (Å²) in [5.74, 6) is 0. The quantitative estimate of drug-likeness (QED) is 0.637. The molecule has 1 aliphatic rings. The predicted octanol–water partition coefficient (Wildman–Crippen LogP) is 3.09. The standard InChI is InChI=1S/C9H9ClOS/c10-9-6-3-1-2-4-7(6)12-8(9)5-11/h5H,1-4H2. The second kappa shape index (κ2) is 3.19. The monoisotopic (exact) mass is 200 g/mol. The molecule has 0 saturated heterocycles. The number of thiophene rings is 1. The minimum absolute atomic E-state index is 0.712. The van der Waals surface area contributed by atoms with Gasteiger partial charge in [-0.1, -0.05) is 11.6 Å². The molecule has 0 amide bonds. The summed E-state index contributed by atoms with van der Waals surface area (Å²) in [5.41, 5.74) is 1.23. The number of rotatable bonds is 1. The number of fused-ring (bicyclic) bond motifs is 1. The summed E-state index contributed by atoms with van der Waals surface area (Å²) in [6.07, 6.45) is 5.47. The van der Waals surface area contributed by atoms with Crippen molar-refractivity contribution in [1.82, 2.24) is 0 Å². The highest BCUT2D eigenvalue weighted by molar-refractivity contribution is 7.14. The third-order valence-corrected chi connectivity index (χ3v) is 4.00. The number of halogens is 1. The van der Waals surface area contributed by atoms with Crippen LogP contribution in [0.4, 0.5) is 0 Å². The van der Waals surface area contributed by atoms with Gasteiger partial charge in [0.2, 0.25) is 0 Å². The van der Waals surface area contributed by atoms with Crippen molar-refractivity contribution in [2.75, 3.05) is 0 Å². The van der Waals surface area contributed by atoms with Crippen molar-refractivity contribution in [3.05, 3.63) is 20.3 Å². The van der Waals surface area contributed by atoms with Crippen molar-refractivity contribution in [3.63, 3.8) is 0 Å². The third kappa shape index (κ3) is 1.19. The molecule has 1 heterocycles. The molecular formula is C9H9ClOS. The van der Waals surface area contributed by atoms with E-state index in [-0.39, 0.29) is 0 Å². The van der Waals surface area contributed by atoms with Crippen LogP contribution in [0.1, 0.15) is 33.0 Å². The van der Waals surface area contributed by atoms with Gasteiger partial charge in [-0.2, -0.15) is 0 Å². The van der Waals surface area contributed by atoms with Crippen molar-refractivity contribution < 1.29 is 4.79 Å². The van der Waals surface area contributed by atoms with Crippen molar-refractivity contribution in [1.29, 1.82) is 0 Å². The minimum Gasteiger partial charge on any atom is -0.297 e. The average molecular weight is 201 g/mol. The Morgan fingerprint density at radius 3 is 2.75 bits per heavy atom. The molecule has 0 N–H and O–H groups in total. The van der Waals surface area contributed by atoms with Gasteiger partial charge in [-0.15, -0.1) is 11.3 Å². The SMILES string of the molecule is O=Cc1sc2c(c1Cl)CCCC2. The van der Waals surface area contributed by atoms with Gasteiger partial charge in [0, 0.05) is 4.88 Å². The van der Waals surface area contributed by atoms with Crippen LogP contribution in [0.15, 0.2) is 0 Å². The van der Waals surface area contributed by atoms with Gasteiger partial charge in [-0.3, -0.25) is 4.79 Å². The van der Waals surface area contributed by atoms with Gasteiger partial charge in [-0.05, 0) is 31.2 Å². The van der Waals surface area contributed by atoms with E-state index >= 15 is 0 Å². The molecule has 0 spiro atoms. The fraction of sp³-hybridized carbons (Fsp3) is 0.444. The first kappa shape index (κ1) is 8.27. The lowest BCUT2D eigenvalue weighted by atomic mass is 9.99. The molecule has 12 heavy (non-hydrogen) atoms. The van der Waals surface area contributed by atoms with Crippen LogP contribution in [0.5, 0.6) is 0 Å². The Labute approximate surface area is 80.4 Å². The first-order valence-corrected chi connectivity index (χ1v) is 5.27. The van der Waals surface area contributed by atoms with E-state index in [1.165, 1.54) is 23.3 Å². The van der Waals surface area contributed by atoms with Gasteiger partial charge in [0.1, 0.15) is 0 Å². The van der Waals surface area contributed by atoms with Crippen LogP contribution in [-0.2, 0) is 12.8 Å². The molecule has 3 heteroatoms. The predicted molar refractivity (Wildman–Crippen MR) is 51.4 cm³/mol. The summed E-state index contributed by atoms with van der Waals surface area (Å²) in [6.45, 7) is 0. The van der Waals surface area contributed by atoms with Gasteiger partial charge >= 0.3 is 0 Å². The maximum absolute atomic E-state index is 10.6. The van der Waals surface area contributed by atoms with Gasteiger partial charge in [0.25, 0.3) is 0 Å². The van der Waals surface area contributed by atoms with Crippen LogP contribution in [0.25, 0.3) is 0 Å². The molecule has 0 bridgehead atoms. The van der Waals surface area contributed by atoms with Gasteiger partial charge in [0.05, 0.1) is 9.90 Å². The highest BCUT2D eigenvalue weighted by Crippen LogP contribution is 2.36. The van der Waals surface area contributed by atoms with E-state index in [9.17, 15) is 4.79 Å². The lowest BCUT2D eigenvalue weighted by Crippen LogP contribution is -1.97. The van der Waals surface area contributed by atoms with Crippen LogP contribution < -0.4 is 0 Å². The van der Waals surface area contributed by atoms with Crippen LogP contribution in [0.3, 0.4) is 0 Å². The van der Waals surface area contributed by atoms with Crippen LogP contribution in [0, 0.1) is 0 Å². The molecule has 0 aromatic carbocycles. The number of aldehydes is 1. The number of carbonyl (C=O) groups excluding carboxylic acids is 1. The maximum Gasteiger partial charge on any atom is 0.161 e. The Kier molecular flexibility index (Phi) is 2.20. The van der Waals surface area contributed by atoms with Gasteiger partial charge in [-0.25, -0.2) is 0 Å². The van der Waals surface area contributed by atoms with Gasteiger partial charge < -0.3 is 0 Å². The zero-order chi connectivity index (χ0) is 8.55. The van der Waals surface area contributed by atoms with E-state index in [0.717, 1.165) is 19.1 Å². The molecule has 0 unspecified atom stereocenters. The Bertz CT molecular complexity index is 317. The Morgan fingerprint density at radius 1 is 1.33 bits per heavy atom. The van der Waals surface area contributed by atoms with E-state index in [4.69, 9.17) is 11.6 Å². The molecule has 2 rings (SSSR count). The van der Waals surface area contributed by atoms with Gasteiger partial charge in [0.15, 0.2) is 6.29 Å². The molecule has 1 nitrogen and oxygen atoms in total. The fourth-order valence-corrected chi connectivity index (χ4v) is 3.15. The summed E-state index contributed by atoms with van der Waals surface area (Å²) in [6, 6.07) is 0. The zero-order valence-corrected chi connectivity index (χ0v) is 8.17. The Hall–Kier alpha value is -0.340. The average Bonchev–Trinajstić information content (AvgIpc) is 2.44. The number of carbonyl (C=O) groups is 1. The minimum atomic E-state index is 0.712. The van der Waals surface area contributed by atoms with Crippen molar-refractivity contribution >= 4 is 29.2 Å². The number of hydrogen-bond donors (Lipinski definition) is 0. The lowest BCUT2D eigenvalue weighted by Gasteiger charge is -2.09. The lowest BCUT2D eigenvalue weighted by molar-refractivity contribution is 0.112. The molecule has 0 radical (unpaired) electrons. The molecular weight excluding hydrogens is 192 g/mol. The molecule has 0 fully saturated rings. The smallest absolute Gasteiger partial charge is 0.161 e. The Morgan fingerprint density at radius 2 is 2.08 bits per heavy atom. The van der Waals surface area contributed by atoms with Crippen molar-refractivity contribution in [2.45, 2.75) is 25.7 Å². The summed E-state index contributed by atoms with van der Waals surface area (Å²) in [7, 11) is 0. The molecule has 0 saturated carbocycles. The number of aryl methyl sites for hydroxylation is 1. The van der Waals surface area contributed by atoms with E-state index in [1.807, 2.05) is 0 Å². The number of hydrogen-bond acceptors (Lipinski definition) is 2. The first-order valence-electron chi connectivity index (χ1n) is 4.08. The molecule has 1 aliphatic carbocycles. The Balaban J connectivity index is 2.51. The molecule has 1 aromatic rings. The topological polar surface area (TPSA) is 17.1 Å². The van der Waals surface area contributed by atoms with Crippen molar-refractivity contribution in [2.24, 2.45) is 0 Å². The van der Waals surface area contributed by atoms with E-state index < -0.39 is 0 Å². The molecule has 0 atom stereocenters. The molecule has 1 aromatic heterocycles.